The molecule has 0 heterocycles. The van der Waals surface area contributed by atoms with Crippen molar-refractivity contribution in [3.05, 3.63) is 35.9 Å². The van der Waals surface area contributed by atoms with Crippen molar-refractivity contribution in [2.75, 3.05) is 13.7 Å². The zero-order chi connectivity index (χ0) is 19.7. The van der Waals surface area contributed by atoms with Gasteiger partial charge in [0, 0.05) is 26.6 Å². The number of rotatable bonds is 16. The van der Waals surface area contributed by atoms with Gasteiger partial charge in [-0.1, -0.05) is 75.3 Å². The van der Waals surface area contributed by atoms with Crippen LogP contribution in [0.3, 0.4) is 0 Å². The lowest BCUT2D eigenvalue weighted by Gasteiger charge is -2.14. The molecule has 1 aromatic rings. The van der Waals surface area contributed by atoms with E-state index in [0.29, 0.717) is 12.8 Å². The molecule has 0 aliphatic heterocycles. The molecule has 5 heteroatoms. The van der Waals surface area contributed by atoms with Gasteiger partial charge in [-0.15, -0.1) is 0 Å². The zero-order valence-electron chi connectivity index (χ0n) is 16.6. The van der Waals surface area contributed by atoms with Gasteiger partial charge >= 0.3 is 5.97 Å². The third kappa shape index (κ3) is 12.2. The van der Waals surface area contributed by atoms with Crippen LogP contribution in [-0.4, -0.2) is 36.7 Å². The topological polar surface area (TPSA) is 75.6 Å². The maximum Gasteiger partial charge on any atom is 0.326 e. The van der Waals surface area contributed by atoms with Crippen LogP contribution in [0.2, 0.25) is 0 Å². The largest absolute Gasteiger partial charge is 0.480 e. The minimum absolute atomic E-state index is 0.170. The second-order valence-electron chi connectivity index (χ2n) is 7.07. The summed E-state index contributed by atoms with van der Waals surface area (Å²) >= 11 is 0. The molecule has 0 saturated carbocycles. The average Bonchev–Trinajstić information content (AvgIpc) is 2.66. The Labute approximate surface area is 163 Å². The van der Waals surface area contributed by atoms with Gasteiger partial charge in [-0.3, -0.25) is 4.79 Å². The number of carbonyl (C=O) groups is 2. The summed E-state index contributed by atoms with van der Waals surface area (Å²) in [5, 5.41) is 12.0. The number of aliphatic carboxylic acids is 1. The summed E-state index contributed by atoms with van der Waals surface area (Å²) in [6.45, 7) is 0.857. The van der Waals surface area contributed by atoms with Crippen molar-refractivity contribution in [2.45, 2.75) is 76.7 Å². The molecule has 0 spiro atoms. The van der Waals surface area contributed by atoms with Crippen LogP contribution in [-0.2, 0) is 20.7 Å². The van der Waals surface area contributed by atoms with Gasteiger partial charge in [-0.25, -0.2) is 4.79 Å². The molecule has 0 unspecified atom stereocenters. The van der Waals surface area contributed by atoms with E-state index in [4.69, 9.17) is 4.74 Å². The minimum atomic E-state index is -0.988. The van der Waals surface area contributed by atoms with E-state index < -0.39 is 12.0 Å². The molecule has 152 valence electrons. The van der Waals surface area contributed by atoms with E-state index in [1.807, 2.05) is 30.3 Å². The van der Waals surface area contributed by atoms with Crippen molar-refractivity contribution < 1.29 is 19.4 Å². The molecular weight excluding hydrogens is 342 g/mol. The molecule has 0 aliphatic carbocycles. The lowest BCUT2D eigenvalue weighted by Crippen LogP contribution is -2.42. The van der Waals surface area contributed by atoms with Crippen LogP contribution in [0.5, 0.6) is 0 Å². The SMILES string of the molecule is COCCCCCCCCCCCC(=O)N[C@@H](Cc1ccccc1)C(=O)O. The first-order valence-corrected chi connectivity index (χ1v) is 10.2. The Kier molecular flexibility index (Phi) is 13.0. The zero-order valence-corrected chi connectivity index (χ0v) is 16.6. The van der Waals surface area contributed by atoms with Gasteiger partial charge in [0.05, 0.1) is 0 Å². The van der Waals surface area contributed by atoms with Crippen LogP contribution in [0.15, 0.2) is 30.3 Å². The summed E-state index contributed by atoms with van der Waals surface area (Å²) < 4.78 is 5.03. The Bertz CT molecular complexity index is 518. The number of amides is 1. The molecule has 0 bridgehead atoms. The third-order valence-corrected chi connectivity index (χ3v) is 4.67. The Morgan fingerprint density at radius 3 is 2.04 bits per heavy atom. The molecule has 1 aromatic carbocycles. The smallest absolute Gasteiger partial charge is 0.326 e. The van der Waals surface area contributed by atoms with Gasteiger partial charge in [-0.05, 0) is 18.4 Å². The van der Waals surface area contributed by atoms with Crippen molar-refractivity contribution in [2.24, 2.45) is 0 Å². The quantitative estimate of drug-likeness (QED) is 0.420. The van der Waals surface area contributed by atoms with Crippen molar-refractivity contribution >= 4 is 11.9 Å². The van der Waals surface area contributed by atoms with Crippen LogP contribution < -0.4 is 5.32 Å². The molecule has 1 amide bonds. The van der Waals surface area contributed by atoms with E-state index in [-0.39, 0.29) is 5.91 Å². The first kappa shape index (κ1) is 23.2. The second kappa shape index (κ2) is 15.2. The van der Waals surface area contributed by atoms with E-state index in [1.165, 1.54) is 32.1 Å². The minimum Gasteiger partial charge on any atom is -0.480 e. The molecule has 2 N–H and O–H groups in total. The standard InChI is InChI=1S/C22H35NO4/c1-27-17-13-8-6-4-2-3-5-7-12-16-21(24)23-20(22(25)26)18-19-14-10-9-11-15-19/h9-11,14-15,20H,2-8,12-13,16-18H2,1H3,(H,23,24)(H,25,26)/t20-/m0/s1. The van der Waals surface area contributed by atoms with Crippen molar-refractivity contribution in [3.63, 3.8) is 0 Å². The summed E-state index contributed by atoms with van der Waals surface area (Å²) in [4.78, 5) is 23.4. The number of benzene rings is 1. The number of ether oxygens (including phenoxy) is 1. The fourth-order valence-corrected chi connectivity index (χ4v) is 3.09. The van der Waals surface area contributed by atoms with Gasteiger partial charge in [0.2, 0.25) is 5.91 Å². The van der Waals surface area contributed by atoms with Gasteiger partial charge < -0.3 is 15.2 Å². The predicted octanol–water partition coefficient (Wildman–Crippen LogP) is 4.35. The molecular formula is C22H35NO4. The maximum absolute atomic E-state index is 12.0. The summed E-state index contributed by atoms with van der Waals surface area (Å²) in [5.41, 5.74) is 0.910. The number of methoxy groups -OCH3 is 1. The normalized spacial score (nSPS) is 11.9. The number of unbranched alkanes of at least 4 members (excludes halogenated alkanes) is 8. The molecule has 5 nitrogen and oxygen atoms in total. The lowest BCUT2D eigenvalue weighted by atomic mass is 10.0. The predicted molar refractivity (Wildman–Crippen MR) is 108 cm³/mol. The van der Waals surface area contributed by atoms with Crippen LogP contribution in [0.1, 0.15) is 69.8 Å². The molecule has 0 aliphatic rings. The van der Waals surface area contributed by atoms with Crippen LogP contribution >= 0.6 is 0 Å². The molecule has 27 heavy (non-hydrogen) atoms. The summed E-state index contributed by atoms with van der Waals surface area (Å²) in [6.07, 6.45) is 11.1. The van der Waals surface area contributed by atoms with E-state index in [1.54, 1.807) is 7.11 Å². The number of hydrogen-bond acceptors (Lipinski definition) is 3. The van der Waals surface area contributed by atoms with Gasteiger partial charge in [0.1, 0.15) is 6.04 Å². The third-order valence-electron chi connectivity index (χ3n) is 4.67. The first-order chi connectivity index (χ1) is 13.1. The highest BCUT2D eigenvalue weighted by Gasteiger charge is 2.19. The van der Waals surface area contributed by atoms with Crippen LogP contribution in [0.25, 0.3) is 0 Å². The Hall–Kier alpha value is -1.88. The van der Waals surface area contributed by atoms with E-state index in [0.717, 1.165) is 37.9 Å². The molecule has 0 radical (unpaired) electrons. The van der Waals surface area contributed by atoms with Crippen LogP contribution in [0, 0.1) is 0 Å². The van der Waals surface area contributed by atoms with Crippen LogP contribution in [0.4, 0.5) is 0 Å². The maximum atomic E-state index is 12.0. The molecule has 0 aromatic heterocycles. The number of hydrogen-bond donors (Lipinski definition) is 2. The fourth-order valence-electron chi connectivity index (χ4n) is 3.09. The van der Waals surface area contributed by atoms with Gasteiger partial charge in [0.25, 0.3) is 0 Å². The van der Waals surface area contributed by atoms with Gasteiger partial charge in [0.15, 0.2) is 0 Å². The highest BCUT2D eigenvalue weighted by atomic mass is 16.5. The monoisotopic (exact) mass is 377 g/mol. The average molecular weight is 378 g/mol. The number of nitrogens with one attached hydrogen (secondary N) is 1. The number of carboxylic acids is 1. The molecule has 1 atom stereocenters. The summed E-state index contributed by atoms with van der Waals surface area (Å²) in [7, 11) is 1.74. The lowest BCUT2D eigenvalue weighted by molar-refractivity contribution is -0.141. The highest BCUT2D eigenvalue weighted by molar-refractivity contribution is 5.83. The van der Waals surface area contributed by atoms with Crippen molar-refractivity contribution in [1.82, 2.24) is 5.32 Å². The highest BCUT2D eigenvalue weighted by Crippen LogP contribution is 2.11. The van der Waals surface area contributed by atoms with Gasteiger partial charge in [-0.2, -0.15) is 0 Å². The molecule has 0 fully saturated rings. The number of carbonyl (C=O) groups excluding carboxylic acids is 1. The van der Waals surface area contributed by atoms with E-state index >= 15 is 0 Å². The van der Waals surface area contributed by atoms with Crippen molar-refractivity contribution in [3.8, 4) is 0 Å². The van der Waals surface area contributed by atoms with Crippen molar-refractivity contribution in [1.29, 1.82) is 0 Å². The number of carboxylic acid groups (broad SMARTS) is 1. The molecule has 1 rings (SSSR count). The van der Waals surface area contributed by atoms with E-state index in [9.17, 15) is 14.7 Å². The summed E-state index contributed by atoms with van der Waals surface area (Å²) in [6, 6.07) is 8.52. The Balaban J connectivity index is 2.07. The van der Waals surface area contributed by atoms with E-state index in [2.05, 4.69) is 5.32 Å². The molecule has 0 saturated heterocycles. The Morgan fingerprint density at radius 2 is 1.48 bits per heavy atom. The Morgan fingerprint density at radius 1 is 0.926 bits per heavy atom. The fraction of sp³-hybridized carbons (Fsp3) is 0.636. The summed E-state index contributed by atoms with van der Waals surface area (Å²) in [5.74, 6) is -1.16. The second-order valence-corrected chi connectivity index (χ2v) is 7.07. The first-order valence-electron chi connectivity index (χ1n) is 10.2.